The van der Waals surface area contributed by atoms with Crippen molar-refractivity contribution in [3.63, 3.8) is 0 Å². The molecule has 1 aliphatic rings. The molecule has 1 amide bonds. The zero-order valence-electron chi connectivity index (χ0n) is 19.2. The van der Waals surface area contributed by atoms with E-state index in [0.29, 0.717) is 18.1 Å². The number of hydrogen-bond donors (Lipinski definition) is 2. The van der Waals surface area contributed by atoms with Gasteiger partial charge in [-0.2, -0.15) is 4.98 Å². The van der Waals surface area contributed by atoms with Crippen molar-refractivity contribution in [3.05, 3.63) is 82.7 Å². The third kappa shape index (κ3) is 3.85. The van der Waals surface area contributed by atoms with Crippen LogP contribution in [0, 0.1) is 6.92 Å². The van der Waals surface area contributed by atoms with Crippen molar-refractivity contribution in [1.29, 1.82) is 0 Å². The molecule has 1 unspecified atom stereocenters. The maximum Gasteiger partial charge on any atom is 0.249 e. The number of amides is 1. The van der Waals surface area contributed by atoms with Crippen LogP contribution in [0.1, 0.15) is 45.7 Å². The lowest BCUT2D eigenvalue weighted by Gasteiger charge is -2.31. The largest absolute Gasteiger partial charge is 0.366 e. The second-order valence-corrected chi connectivity index (χ2v) is 8.90. The molecule has 33 heavy (non-hydrogen) atoms. The van der Waals surface area contributed by atoms with E-state index in [1.807, 2.05) is 47.9 Å². The summed E-state index contributed by atoms with van der Waals surface area (Å²) in [4.78, 5) is 24.3. The van der Waals surface area contributed by atoms with Crippen LogP contribution in [0.5, 0.6) is 0 Å². The lowest BCUT2D eigenvalue weighted by atomic mass is 9.97. The first kappa shape index (κ1) is 21.2. The summed E-state index contributed by atoms with van der Waals surface area (Å²) in [6.45, 7) is 6.63. The standard InChI is InChI=1S/C26H28N6O/c1-16-14-31(3)15-21-23(16)29-26(30-25(21)28-13-18-8-5-4-6-9-18)32-17(2)12-20-19(24(27)33)10-7-11-22(20)32/h4-12,16H,13-15H2,1-3H3,(H2,27,33)(H,28,29,30). The monoisotopic (exact) mass is 440 g/mol. The minimum atomic E-state index is -0.439. The number of carbonyl (C=O) groups is 1. The van der Waals surface area contributed by atoms with E-state index in [9.17, 15) is 4.79 Å². The second-order valence-electron chi connectivity index (χ2n) is 8.90. The number of hydrogen-bond acceptors (Lipinski definition) is 5. The molecular weight excluding hydrogens is 412 g/mol. The van der Waals surface area contributed by atoms with Gasteiger partial charge < -0.3 is 16.0 Å². The van der Waals surface area contributed by atoms with Gasteiger partial charge in [0.15, 0.2) is 0 Å². The Balaban J connectivity index is 1.66. The molecule has 2 aromatic carbocycles. The summed E-state index contributed by atoms with van der Waals surface area (Å²) < 4.78 is 2.01. The first-order chi connectivity index (χ1) is 15.9. The minimum Gasteiger partial charge on any atom is -0.366 e. The van der Waals surface area contributed by atoms with Crippen molar-refractivity contribution in [1.82, 2.24) is 19.4 Å². The van der Waals surface area contributed by atoms with Crippen molar-refractivity contribution < 1.29 is 4.79 Å². The van der Waals surface area contributed by atoms with Crippen molar-refractivity contribution >= 4 is 22.6 Å². The van der Waals surface area contributed by atoms with Crippen LogP contribution in [-0.4, -0.2) is 38.9 Å². The number of anilines is 1. The molecule has 0 bridgehead atoms. The first-order valence-corrected chi connectivity index (χ1v) is 11.2. The van der Waals surface area contributed by atoms with Gasteiger partial charge in [0.25, 0.3) is 0 Å². The molecule has 7 heteroatoms. The van der Waals surface area contributed by atoms with Gasteiger partial charge in [-0.05, 0) is 37.7 Å². The zero-order chi connectivity index (χ0) is 23.1. The number of carbonyl (C=O) groups excluding carboxylic acids is 1. The Kier molecular flexibility index (Phi) is 5.34. The first-order valence-electron chi connectivity index (χ1n) is 11.2. The lowest BCUT2D eigenvalue weighted by molar-refractivity contribution is 0.100. The number of benzene rings is 2. The van der Waals surface area contributed by atoms with E-state index >= 15 is 0 Å². The fraction of sp³-hybridized carbons (Fsp3) is 0.269. The summed E-state index contributed by atoms with van der Waals surface area (Å²) in [5.74, 6) is 1.30. The second kappa shape index (κ2) is 8.33. The highest BCUT2D eigenvalue weighted by molar-refractivity contribution is 6.06. The molecule has 1 aliphatic heterocycles. The third-order valence-corrected chi connectivity index (χ3v) is 6.31. The van der Waals surface area contributed by atoms with Crippen molar-refractivity contribution in [2.24, 2.45) is 5.73 Å². The van der Waals surface area contributed by atoms with Crippen molar-refractivity contribution in [2.45, 2.75) is 32.9 Å². The van der Waals surface area contributed by atoms with E-state index in [1.165, 1.54) is 5.56 Å². The van der Waals surface area contributed by atoms with E-state index in [0.717, 1.165) is 46.8 Å². The Morgan fingerprint density at radius 1 is 1.15 bits per heavy atom. The maximum atomic E-state index is 12.0. The number of nitrogens with one attached hydrogen (secondary N) is 1. The van der Waals surface area contributed by atoms with Crippen LogP contribution in [0.3, 0.4) is 0 Å². The average Bonchev–Trinajstić information content (AvgIpc) is 3.14. The molecule has 0 radical (unpaired) electrons. The summed E-state index contributed by atoms with van der Waals surface area (Å²) in [6, 6.07) is 17.9. The number of fused-ring (bicyclic) bond motifs is 2. The Bertz CT molecular complexity index is 1340. The molecule has 1 atom stereocenters. The van der Waals surface area contributed by atoms with Gasteiger partial charge in [-0.15, -0.1) is 0 Å². The number of aromatic nitrogens is 3. The smallest absolute Gasteiger partial charge is 0.249 e. The van der Waals surface area contributed by atoms with Crippen LogP contribution in [-0.2, 0) is 13.1 Å². The maximum absolute atomic E-state index is 12.0. The van der Waals surface area contributed by atoms with Crippen LogP contribution >= 0.6 is 0 Å². The number of aryl methyl sites for hydroxylation is 1. The average molecular weight is 441 g/mol. The third-order valence-electron chi connectivity index (χ3n) is 6.31. The molecule has 0 fully saturated rings. The van der Waals surface area contributed by atoms with E-state index < -0.39 is 5.91 Å². The highest BCUT2D eigenvalue weighted by atomic mass is 16.1. The van der Waals surface area contributed by atoms with E-state index in [1.54, 1.807) is 6.07 Å². The van der Waals surface area contributed by atoms with Crippen LogP contribution < -0.4 is 11.1 Å². The molecular formula is C26H28N6O. The number of likely N-dealkylation sites (N-methyl/N-ethyl adjacent to an activating group) is 1. The molecule has 0 saturated carbocycles. The molecule has 0 spiro atoms. The van der Waals surface area contributed by atoms with Crippen LogP contribution in [0.15, 0.2) is 54.6 Å². The minimum absolute atomic E-state index is 0.279. The van der Waals surface area contributed by atoms with Gasteiger partial charge >= 0.3 is 0 Å². The fourth-order valence-electron chi connectivity index (χ4n) is 4.81. The van der Waals surface area contributed by atoms with Crippen LogP contribution in [0.25, 0.3) is 16.9 Å². The van der Waals surface area contributed by atoms with Crippen LogP contribution in [0.2, 0.25) is 0 Å². The number of nitrogens with zero attached hydrogens (tertiary/aromatic N) is 4. The van der Waals surface area contributed by atoms with E-state index in [-0.39, 0.29) is 5.92 Å². The molecule has 4 aromatic rings. The number of rotatable bonds is 5. The Labute approximate surface area is 193 Å². The molecule has 0 aliphatic carbocycles. The summed E-state index contributed by atoms with van der Waals surface area (Å²) in [7, 11) is 2.13. The Morgan fingerprint density at radius 3 is 2.70 bits per heavy atom. The molecule has 5 rings (SSSR count). The molecule has 7 nitrogen and oxygen atoms in total. The van der Waals surface area contributed by atoms with Gasteiger partial charge in [0.1, 0.15) is 5.82 Å². The van der Waals surface area contributed by atoms with Crippen LogP contribution in [0.4, 0.5) is 5.82 Å². The normalized spacial score (nSPS) is 16.0. The predicted octanol–water partition coefficient (Wildman–Crippen LogP) is 3.99. The SMILES string of the molecule is Cc1cc2c(C(N)=O)cccc2n1-c1nc(NCc2ccccc2)c2c(n1)C(C)CN(C)C2. The van der Waals surface area contributed by atoms with E-state index in [2.05, 4.69) is 36.3 Å². The molecule has 3 heterocycles. The highest BCUT2D eigenvalue weighted by Crippen LogP contribution is 2.33. The molecule has 0 saturated heterocycles. The number of primary amides is 1. The van der Waals surface area contributed by atoms with Crippen molar-refractivity contribution in [3.8, 4) is 5.95 Å². The Morgan fingerprint density at radius 2 is 1.94 bits per heavy atom. The summed E-state index contributed by atoms with van der Waals surface area (Å²) in [5, 5.41) is 4.38. The summed E-state index contributed by atoms with van der Waals surface area (Å²) in [5.41, 5.74) is 11.4. The van der Waals surface area contributed by atoms with E-state index in [4.69, 9.17) is 15.7 Å². The fourth-order valence-corrected chi connectivity index (χ4v) is 4.81. The lowest BCUT2D eigenvalue weighted by Crippen LogP contribution is -2.31. The quantitative estimate of drug-likeness (QED) is 0.490. The summed E-state index contributed by atoms with van der Waals surface area (Å²) >= 11 is 0. The Hall–Kier alpha value is -3.71. The van der Waals surface area contributed by atoms with Gasteiger partial charge in [-0.25, -0.2) is 4.98 Å². The topological polar surface area (TPSA) is 89.1 Å². The van der Waals surface area contributed by atoms with Gasteiger partial charge in [-0.1, -0.05) is 43.3 Å². The van der Waals surface area contributed by atoms with Gasteiger partial charge in [-0.3, -0.25) is 9.36 Å². The predicted molar refractivity (Wildman–Crippen MR) is 131 cm³/mol. The van der Waals surface area contributed by atoms with Crippen molar-refractivity contribution in [2.75, 3.05) is 18.9 Å². The molecule has 3 N–H and O–H groups in total. The van der Waals surface area contributed by atoms with Gasteiger partial charge in [0, 0.05) is 47.8 Å². The number of nitrogens with two attached hydrogens (primary N) is 1. The van der Waals surface area contributed by atoms with Gasteiger partial charge in [0.2, 0.25) is 11.9 Å². The zero-order valence-corrected chi connectivity index (χ0v) is 19.2. The van der Waals surface area contributed by atoms with Gasteiger partial charge in [0.05, 0.1) is 11.2 Å². The molecule has 2 aromatic heterocycles. The highest BCUT2D eigenvalue weighted by Gasteiger charge is 2.27. The molecule has 168 valence electrons. The summed E-state index contributed by atoms with van der Waals surface area (Å²) in [6.07, 6.45) is 0.